The number of thioether (sulfide) groups is 1. The molecule has 0 saturated carbocycles. The van der Waals surface area contributed by atoms with Gasteiger partial charge in [-0.05, 0) is 41.4 Å². The summed E-state index contributed by atoms with van der Waals surface area (Å²) in [6.07, 6.45) is 2.92. The van der Waals surface area contributed by atoms with Crippen LogP contribution >= 0.6 is 23.1 Å². The molecule has 1 aliphatic rings. The van der Waals surface area contributed by atoms with Crippen molar-refractivity contribution in [2.24, 2.45) is 0 Å². The maximum Gasteiger partial charge on any atom is 0.113 e. The maximum atomic E-state index is 10.6. The average Bonchev–Trinajstić information content (AvgIpc) is 2.91. The second-order valence-corrected chi connectivity index (χ2v) is 7.57. The SMILES string of the molecule is CCCc1cccc(C(O)c2cc3c(s2)CCSC3)c1. The van der Waals surface area contributed by atoms with E-state index in [-0.39, 0.29) is 0 Å². The highest BCUT2D eigenvalue weighted by Crippen LogP contribution is 2.36. The maximum absolute atomic E-state index is 10.6. The van der Waals surface area contributed by atoms with Gasteiger partial charge in [0.1, 0.15) is 6.10 Å². The number of hydrogen-bond acceptors (Lipinski definition) is 3. The molecule has 2 aromatic rings. The first-order valence-electron chi connectivity index (χ1n) is 7.24. The van der Waals surface area contributed by atoms with E-state index in [0.29, 0.717) is 0 Å². The van der Waals surface area contributed by atoms with E-state index in [2.05, 4.69) is 31.2 Å². The van der Waals surface area contributed by atoms with Crippen LogP contribution in [-0.4, -0.2) is 10.9 Å². The van der Waals surface area contributed by atoms with Crippen molar-refractivity contribution in [3.8, 4) is 0 Å². The molecule has 2 heterocycles. The quantitative estimate of drug-likeness (QED) is 0.892. The Balaban J connectivity index is 1.86. The Bertz CT molecular complexity index is 565. The van der Waals surface area contributed by atoms with Gasteiger partial charge in [-0.2, -0.15) is 11.8 Å². The minimum atomic E-state index is -0.465. The predicted molar refractivity (Wildman–Crippen MR) is 88.7 cm³/mol. The molecule has 3 rings (SSSR count). The molecule has 1 N–H and O–H groups in total. The van der Waals surface area contributed by atoms with Crippen molar-refractivity contribution < 1.29 is 5.11 Å². The third-order valence-electron chi connectivity index (χ3n) is 3.72. The van der Waals surface area contributed by atoms with E-state index in [0.717, 1.165) is 35.5 Å². The van der Waals surface area contributed by atoms with Gasteiger partial charge >= 0.3 is 0 Å². The second kappa shape index (κ2) is 6.33. The number of fused-ring (bicyclic) bond motifs is 1. The van der Waals surface area contributed by atoms with Gasteiger partial charge in [0.2, 0.25) is 0 Å². The average molecular weight is 304 g/mol. The molecule has 0 saturated heterocycles. The van der Waals surface area contributed by atoms with E-state index in [1.54, 1.807) is 11.3 Å². The highest BCUT2D eigenvalue weighted by molar-refractivity contribution is 7.98. The molecule has 106 valence electrons. The lowest BCUT2D eigenvalue weighted by Gasteiger charge is -2.10. The Morgan fingerprint density at radius 2 is 2.20 bits per heavy atom. The highest BCUT2D eigenvalue weighted by atomic mass is 32.2. The van der Waals surface area contributed by atoms with Crippen molar-refractivity contribution in [1.82, 2.24) is 0 Å². The monoisotopic (exact) mass is 304 g/mol. The van der Waals surface area contributed by atoms with Gasteiger partial charge in [0.05, 0.1) is 0 Å². The minimum absolute atomic E-state index is 0.465. The molecule has 1 atom stereocenters. The molecule has 0 fully saturated rings. The summed E-state index contributed by atoms with van der Waals surface area (Å²) < 4.78 is 0. The summed E-state index contributed by atoms with van der Waals surface area (Å²) in [4.78, 5) is 2.58. The van der Waals surface area contributed by atoms with Crippen LogP contribution in [0.5, 0.6) is 0 Å². The summed E-state index contributed by atoms with van der Waals surface area (Å²) in [6.45, 7) is 2.19. The Morgan fingerprint density at radius 3 is 3.00 bits per heavy atom. The van der Waals surface area contributed by atoms with Gasteiger partial charge in [0.15, 0.2) is 0 Å². The van der Waals surface area contributed by atoms with Crippen molar-refractivity contribution in [2.45, 2.75) is 38.0 Å². The molecule has 20 heavy (non-hydrogen) atoms. The zero-order valence-electron chi connectivity index (χ0n) is 11.8. The van der Waals surface area contributed by atoms with E-state index in [1.807, 2.05) is 17.8 Å². The van der Waals surface area contributed by atoms with Crippen molar-refractivity contribution in [1.29, 1.82) is 0 Å². The van der Waals surface area contributed by atoms with Crippen LogP contribution in [-0.2, 0) is 18.6 Å². The standard InChI is InChI=1S/C17H20OS2/c1-2-4-12-5-3-6-13(9-12)17(18)16-10-14-11-19-8-7-15(14)20-16/h3,5-6,9-10,17-18H,2,4,7-8,11H2,1H3. The van der Waals surface area contributed by atoms with E-state index in [1.165, 1.54) is 21.8 Å². The molecule has 1 aromatic carbocycles. The third-order valence-corrected chi connectivity index (χ3v) is 6.02. The van der Waals surface area contributed by atoms with Crippen LogP contribution < -0.4 is 0 Å². The molecule has 0 spiro atoms. The van der Waals surface area contributed by atoms with Crippen LogP contribution in [0, 0.1) is 0 Å². The van der Waals surface area contributed by atoms with Gasteiger partial charge in [0.25, 0.3) is 0 Å². The largest absolute Gasteiger partial charge is 0.383 e. The number of aliphatic hydroxyl groups is 1. The summed E-state index contributed by atoms with van der Waals surface area (Å²) in [5, 5.41) is 10.6. The molecule has 1 unspecified atom stereocenters. The molecule has 0 bridgehead atoms. The smallest absolute Gasteiger partial charge is 0.113 e. The molecule has 3 heteroatoms. The highest BCUT2D eigenvalue weighted by Gasteiger charge is 2.19. The van der Waals surface area contributed by atoms with Gasteiger partial charge in [-0.25, -0.2) is 0 Å². The minimum Gasteiger partial charge on any atom is -0.383 e. The first kappa shape index (κ1) is 14.2. The molecule has 1 aromatic heterocycles. The van der Waals surface area contributed by atoms with Crippen molar-refractivity contribution in [3.05, 3.63) is 56.8 Å². The fourth-order valence-corrected chi connectivity index (χ4v) is 5.07. The van der Waals surface area contributed by atoms with E-state index >= 15 is 0 Å². The fraction of sp³-hybridized carbons (Fsp3) is 0.412. The molecule has 0 aliphatic carbocycles. The van der Waals surface area contributed by atoms with E-state index < -0.39 is 6.10 Å². The summed E-state index contributed by atoms with van der Waals surface area (Å²) in [5.74, 6) is 2.32. The Hall–Kier alpha value is -0.770. The normalized spacial score (nSPS) is 15.9. The summed E-state index contributed by atoms with van der Waals surface area (Å²) >= 11 is 3.79. The summed E-state index contributed by atoms with van der Waals surface area (Å²) in [6, 6.07) is 10.6. The summed E-state index contributed by atoms with van der Waals surface area (Å²) in [7, 11) is 0. The molecule has 1 aliphatic heterocycles. The number of thiophene rings is 1. The predicted octanol–water partition coefficient (Wildman–Crippen LogP) is 4.57. The van der Waals surface area contributed by atoms with Gasteiger partial charge in [-0.3, -0.25) is 0 Å². The molecule has 1 nitrogen and oxygen atoms in total. The number of benzene rings is 1. The Kier molecular flexibility index (Phi) is 4.49. The lowest BCUT2D eigenvalue weighted by Crippen LogP contribution is -1.98. The van der Waals surface area contributed by atoms with Crippen LogP contribution in [0.4, 0.5) is 0 Å². The van der Waals surface area contributed by atoms with Gasteiger partial charge in [-0.1, -0.05) is 37.6 Å². The Labute approximate surface area is 129 Å². The molecule has 0 radical (unpaired) electrons. The fourth-order valence-electron chi connectivity index (χ4n) is 2.68. The van der Waals surface area contributed by atoms with Crippen LogP contribution in [0.1, 0.15) is 45.9 Å². The number of rotatable bonds is 4. The van der Waals surface area contributed by atoms with Crippen LogP contribution in [0.25, 0.3) is 0 Å². The van der Waals surface area contributed by atoms with Crippen LogP contribution in [0.15, 0.2) is 30.3 Å². The third kappa shape index (κ3) is 2.95. The molecular formula is C17H20OS2. The first-order valence-corrected chi connectivity index (χ1v) is 9.21. The van der Waals surface area contributed by atoms with Crippen LogP contribution in [0.2, 0.25) is 0 Å². The van der Waals surface area contributed by atoms with Crippen molar-refractivity contribution >= 4 is 23.1 Å². The zero-order valence-corrected chi connectivity index (χ0v) is 13.4. The van der Waals surface area contributed by atoms with Crippen molar-refractivity contribution in [2.75, 3.05) is 5.75 Å². The number of hydrogen-bond donors (Lipinski definition) is 1. The zero-order chi connectivity index (χ0) is 13.9. The lowest BCUT2D eigenvalue weighted by atomic mass is 10.0. The molecule has 0 amide bonds. The van der Waals surface area contributed by atoms with Gasteiger partial charge in [0, 0.05) is 15.5 Å². The number of aryl methyl sites for hydroxylation is 2. The summed E-state index contributed by atoms with van der Waals surface area (Å²) in [5.41, 5.74) is 3.79. The lowest BCUT2D eigenvalue weighted by molar-refractivity contribution is 0.224. The molecular weight excluding hydrogens is 284 g/mol. The van der Waals surface area contributed by atoms with Gasteiger partial charge < -0.3 is 5.11 Å². The van der Waals surface area contributed by atoms with Gasteiger partial charge in [-0.15, -0.1) is 11.3 Å². The first-order chi connectivity index (χ1) is 9.78. The van der Waals surface area contributed by atoms with E-state index in [9.17, 15) is 5.11 Å². The number of aliphatic hydroxyl groups excluding tert-OH is 1. The Morgan fingerprint density at radius 1 is 1.30 bits per heavy atom. The second-order valence-electron chi connectivity index (χ2n) is 5.30. The van der Waals surface area contributed by atoms with Crippen molar-refractivity contribution in [3.63, 3.8) is 0 Å². The topological polar surface area (TPSA) is 20.2 Å². The van der Waals surface area contributed by atoms with Crippen LogP contribution in [0.3, 0.4) is 0 Å². The van der Waals surface area contributed by atoms with E-state index in [4.69, 9.17) is 0 Å².